The van der Waals surface area contributed by atoms with E-state index in [9.17, 15) is 14.4 Å². The minimum absolute atomic E-state index is 0.0569. The van der Waals surface area contributed by atoms with Gasteiger partial charge in [-0.25, -0.2) is 0 Å². The van der Waals surface area contributed by atoms with Crippen LogP contribution in [0, 0.1) is 36.5 Å². The van der Waals surface area contributed by atoms with Crippen LogP contribution in [0.15, 0.2) is 36.4 Å². The van der Waals surface area contributed by atoms with Crippen molar-refractivity contribution in [3.63, 3.8) is 0 Å². The molecule has 1 aromatic rings. The van der Waals surface area contributed by atoms with E-state index in [2.05, 4.69) is 53.1 Å². The average Bonchev–Trinajstić information content (AvgIpc) is 3.60. The van der Waals surface area contributed by atoms with E-state index in [0.717, 1.165) is 58.3 Å². The monoisotopic (exact) mass is 505 g/mol. The number of ether oxygens (including phenoxy) is 1. The first-order chi connectivity index (χ1) is 18.0. The predicted octanol–water partition coefficient (Wildman–Crippen LogP) is 3.42. The summed E-state index contributed by atoms with van der Waals surface area (Å²) in [6.07, 6.45) is 9.73. The van der Waals surface area contributed by atoms with Gasteiger partial charge in [0.15, 0.2) is 0 Å². The molecule has 7 heteroatoms. The molecule has 5 aliphatic rings. The third-order valence-electron chi connectivity index (χ3n) is 9.46. The number of imide groups is 1. The molecule has 0 radical (unpaired) electrons. The molecule has 2 bridgehead atoms. The summed E-state index contributed by atoms with van der Waals surface area (Å²) in [5, 5.41) is 0. The number of rotatable bonds is 7. The fourth-order valence-electron chi connectivity index (χ4n) is 7.46. The number of hydrogen-bond acceptors (Lipinski definition) is 6. The van der Waals surface area contributed by atoms with Gasteiger partial charge in [0.2, 0.25) is 11.8 Å². The number of amides is 2. The van der Waals surface area contributed by atoms with Gasteiger partial charge in [-0.05, 0) is 49.7 Å². The number of aryl methyl sites for hydroxylation is 1. The number of para-hydroxylation sites is 1. The van der Waals surface area contributed by atoms with Gasteiger partial charge in [-0.1, -0.05) is 49.6 Å². The van der Waals surface area contributed by atoms with Crippen LogP contribution in [0.1, 0.15) is 44.1 Å². The summed E-state index contributed by atoms with van der Waals surface area (Å²) in [5.74, 6) is -0.374. The zero-order chi connectivity index (χ0) is 25.5. The van der Waals surface area contributed by atoms with Gasteiger partial charge in [0.1, 0.15) is 6.10 Å². The molecular weight excluding hydrogens is 466 g/mol. The third kappa shape index (κ3) is 4.71. The number of hydrogen-bond donors (Lipinski definition) is 0. The van der Waals surface area contributed by atoms with E-state index in [1.54, 1.807) is 0 Å². The summed E-state index contributed by atoms with van der Waals surface area (Å²) in [4.78, 5) is 46.0. The Labute approximate surface area is 219 Å². The largest absolute Gasteiger partial charge is 0.459 e. The zero-order valence-corrected chi connectivity index (χ0v) is 21.9. The van der Waals surface area contributed by atoms with Crippen molar-refractivity contribution in [3.05, 3.63) is 42.0 Å². The maximum absolute atomic E-state index is 13.3. The van der Waals surface area contributed by atoms with E-state index in [1.807, 2.05) is 0 Å². The maximum atomic E-state index is 13.3. The predicted molar refractivity (Wildman–Crippen MR) is 141 cm³/mol. The first kappa shape index (κ1) is 24.7. The lowest BCUT2D eigenvalue weighted by Crippen LogP contribution is -2.52. The minimum atomic E-state index is -0.489. The molecule has 198 valence electrons. The van der Waals surface area contributed by atoms with Gasteiger partial charge < -0.3 is 9.64 Å². The van der Waals surface area contributed by atoms with Crippen LogP contribution in [0.5, 0.6) is 0 Å². The Balaban J connectivity index is 1.13. The minimum Gasteiger partial charge on any atom is -0.459 e. The molecule has 0 N–H and O–H groups in total. The van der Waals surface area contributed by atoms with Crippen LogP contribution >= 0.6 is 0 Å². The van der Waals surface area contributed by atoms with Gasteiger partial charge in [-0.15, -0.1) is 0 Å². The molecule has 2 aliphatic heterocycles. The van der Waals surface area contributed by atoms with Gasteiger partial charge in [0.05, 0.1) is 24.3 Å². The quantitative estimate of drug-likeness (QED) is 0.321. The summed E-state index contributed by atoms with van der Waals surface area (Å²) >= 11 is 0. The molecule has 7 nitrogen and oxygen atoms in total. The third-order valence-corrected chi connectivity index (χ3v) is 9.46. The van der Waals surface area contributed by atoms with E-state index < -0.39 is 6.10 Å². The van der Waals surface area contributed by atoms with Crippen LogP contribution in [0.3, 0.4) is 0 Å². The van der Waals surface area contributed by atoms with Crippen LogP contribution < -0.4 is 4.90 Å². The number of piperazine rings is 1. The lowest BCUT2D eigenvalue weighted by molar-refractivity contribution is -0.160. The molecule has 5 atom stereocenters. The van der Waals surface area contributed by atoms with Crippen LogP contribution in [0.4, 0.5) is 5.69 Å². The Hall–Kier alpha value is -2.67. The van der Waals surface area contributed by atoms with Crippen LogP contribution in [-0.4, -0.2) is 73.0 Å². The van der Waals surface area contributed by atoms with E-state index in [-0.39, 0.29) is 53.9 Å². The smallest absolute Gasteiger partial charge is 0.309 e. The van der Waals surface area contributed by atoms with Crippen molar-refractivity contribution in [2.75, 3.05) is 44.2 Å². The van der Waals surface area contributed by atoms with Gasteiger partial charge >= 0.3 is 5.97 Å². The number of likely N-dealkylation sites (tertiary alicyclic amines) is 1. The highest BCUT2D eigenvalue weighted by Gasteiger charge is 2.59. The molecule has 0 aromatic heterocycles. The SMILES string of the molecule is Cc1ccccc1N1CCN(CC(CN2C(=O)C3C4C=C[C@@H](C4)[C@@H]3C2=O)OC(=O)C2CCCCC2)CC1. The molecule has 2 saturated carbocycles. The van der Waals surface area contributed by atoms with E-state index >= 15 is 0 Å². The number of nitrogens with zero attached hydrogens (tertiary/aromatic N) is 3. The number of benzene rings is 1. The molecule has 0 spiro atoms. The summed E-state index contributed by atoms with van der Waals surface area (Å²) in [7, 11) is 0. The standard InChI is InChI=1S/C30H39N3O4/c1-20-7-5-6-10-25(20)32-15-13-31(14-16-32)18-24(37-30(36)21-8-3-2-4-9-21)19-33-28(34)26-22-11-12-23(17-22)27(26)29(33)35/h5-7,10-12,21-24,26-27H,2-4,8-9,13-19H2,1H3/t22-,23?,24?,26-,27?/m0/s1. The summed E-state index contributed by atoms with van der Waals surface area (Å²) < 4.78 is 6.12. The fourth-order valence-corrected chi connectivity index (χ4v) is 7.46. The Morgan fingerprint density at radius 2 is 1.57 bits per heavy atom. The van der Waals surface area contributed by atoms with Gasteiger partial charge in [-0.2, -0.15) is 0 Å². The van der Waals surface area contributed by atoms with E-state index in [0.29, 0.717) is 6.54 Å². The summed E-state index contributed by atoms with van der Waals surface area (Å²) in [6, 6.07) is 8.46. The lowest BCUT2D eigenvalue weighted by Gasteiger charge is -2.38. The number of carbonyl (C=O) groups is 3. The van der Waals surface area contributed by atoms with Crippen LogP contribution in [0.25, 0.3) is 0 Å². The van der Waals surface area contributed by atoms with Gasteiger partial charge in [0, 0.05) is 38.4 Å². The Morgan fingerprint density at radius 3 is 2.22 bits per heavy atom. The Bertz CT molecular complexity index is 1040. The summed E-state index contributed by atoms with van der Waals surface area (Å²) in [6.45, 7) is 6.38. The van der Waals surface area contributed by atoms with Crippen LogP contribution in [-0.2, 0) is 19.1 Å². The van der Waals surface area contributed by atoms with Crippen molar-refractivity contribution >= 4 is 23.5 Å². The molecular formula is C30H39N3O4. The molecule has 2 heterocycles. The number of allylic oxidation sites excluding steroid dienone is 2. The average molecular weight is 506 g/mol. The fraction of sp³-hybridized carbons (Fsp3) is 0.633. The van der Waals surface area contributed by atoms with Crippen molar-refractivity contribution in [1.82, 2.24) is 9.80 Å². The van der Waals surface area contributed by atoms with Crippen molar-refractivity contribution in [2.45, 2.75) is 51.6 Å². The normalized spacial score (nSPS) is 30.7. The second-order valence-electron chi connectivity index (χ2n) is 11.8. The number of esters is 1. The highest BCUT2D eigenvalue weighted by Crippen LogP contribution is 2.52. The number of carbonyl (C=O) groups excluding carboxylic acids is 3. The van der Waals surface area contributed by atoms with E-state index in [4.69, 9.17) is 4.74 Å². The number of anilines is 1. The Kier molecular flexibility index (Phi) is 6.82. The highest BCUT2D eigenvalue weighted by molar-refractivity contribution is 6.06. The topological polar surface area (TPSA) is 70.2 Å². The zero-order valence-electron chi connectivity index (χ0n) is 21.9. The van der Waals surface area contributed by atoms with Crippen molar-refractivity contribution in [3.8, 4) is 0 Å². The second-order valence-corrected chi connectivity index (χ2v) is 11.8. The van der Waals surface area contributed by atoms with Crippen molar-refractivity contribution in [1.29, 1.82) is 0 Å². The van der Waals surface area contributed by atoms with Crippen molar-refractivity contribution in [2.24, 2.45) is 29.6 Å². The number of fused-ring (bicyclic) bond motifs is 5. The molecule has 37 heavy (non-hydrogen) atoms. The molecule has 3 unspecified atom stereocenters. The first-order valence-corrected chi connectivity index (χ1v) is 14.3. The first-order valence-electron chi connectivity index (χ1n) is 14.3. The van der Waals surface area contributed by atoms with Gasteiger partial charge in [0.25, 0.3) is 0 Å². The lowest BCUT2D eigenvalue weighted by atomic mass is 9.85. The maximum Gasteiger partial charge on any atom is 0.309 e. The molecule has 3 aliphatic carbocycles. The molecule has 6 rings (SSSR count). The van der Waals surface area contributed by atoms with Crippen LogP contribution in [0.2, 0.25) is 0 Å². The molecule has 2 saturated heterocycles. The van der Waals surface area contributed by atoms with Crippen molar-refractivity contribution < 1.29 is 19.1 Å². The molecule has 4 fully saturated rings. The van der Waals surface area contributed by atoms with E-state index in [1.165, 1.54) is 22.6 Å². The molecule has 2 amide bonds. The molecule has 1 aromatic carbocycles. The highest BCUT2D eigenvalue weighted by atomic mass is 16.5. The summed E-state index contributed by atoms with van der Waals surface area (Å²) in [5.41, 5.74) is 2.54. The second kappa shape index (κ2) is 10.2. The Morgan fingerprint density at radius 1 is 0.919 bits per heavy atom. The van der Waals surface area contributed by atoms with Gasteiger partial charge in [-0.3, -0.25) is 24.2 Å².